The van der Waals surface area contributed by atoms with Crippen LogP contribution in [0.25, 0.3) is 0 Å². The van der Waals surface area contributed by atoms with Gasteiger partial charge in [-0.3, -0.25) is 24.1 Å². The van der Waals surface area contributed by atoms with Gasteiger partial charge in [0.1, 0.15) is 17.3 Å². The second-order valence-electron chi connectivity index (χ2n) is 5.87. The van der Waals surface area contributed by atoms with Crippen LogP contribution in [0.2, 0.25) is 0 Å². The van der Waals surface area contributed by atoms with Gasteiger partial charge in [-0.15, -0.1) is 0 Å². The Morgan fingerprint density at radius 2 is 1.89 bits per heavy atom. The molecule has 1 N–H and O–H groups in total. The van der Waals surface area contributed by atoms with Crippen LogP contribution in [-0.2, 0) is 13.0 Å². The van der Waals surface area contributed by atoms with Crippen molar-refractivity contribution in [3.8, 4) is 0 Å². The van der Waals surface area contributed by atoms with Crippen molar-refractivity contribution in [1.29, 1.82) is 0 Å². The van der Waals surface area contributed by atoms with Gasteiger partial charge in [-0.05, 0) is 30.2 Å². The van der Waals surface area contributed by atoms with E-state index in [1.807, 2.05) is 0 Å². The average molecular weight is 371 g/mol. The molecule has 8 heteroatoms. The topological polar surface area (TPSA) is 84.8 Å². The first-order valence-electron chi connectivity index (χ1n) is 8.16. The molecule has 0 unspecified atom stereocenters. The minimum absolute atomic E-state index is 0.0324. The first kappa shape index (κ1) is 18.4. The Bertz CT molecular complexity index is 1100. The van der Waals surface area contributed by atoms with Gasteiger partial charge in [0, 0.05) is 29.6 Å². The zero-order valence-electron chi connectivity index (χ0n) is 14.3. The Morgan fingerprint density at radius 3 is 2.48 bits per heavy atom. The number of aromatic nitrogens is 3. The summed E-state index contributed by atoms with van der Waals surface area (Å²) < 4.78 is 28.2. The molecule has 0 fully saturated rings. The van der Waals surface area contributed by atoms with Crippen LogP contribution in [0.3, 0.4) is 0 Å². The molecule has 0 radical (unpaired) electrons. The van der Waals surface area contributed by atoms with E-state index < -0.39 is 28.7 Å². The number of H-pyrrole nitrogens is 1. The van der Waals surface area contributed by atoms with Gasteiger partial charge in [0.05, 0.1) is 6.54 Å². The van der Waals surface area contributed by atoms with Crippen LogP contribution >= 0.6 is 0 Å². The lowest BCUT2D eigenvalue weighted by Gasteiger charge is -2.15. The number of rotatable bonds is 5. The van der Waals surface area contributed by atoms with E-state index in [1.165, 1.54) is 6.20 Å². The van der Waals surface area contributed by atoms with Crippen LogP contribution in [0.1, 0.15) is 34.1 Å². The SMILES string of the molecule is CCc1c(C(=O)c2cc(F)cc(F)c2)n(Cc2cccnc2)c(=O)[nH]c1=O. The molecular weight excluding hydrogens is 356 g/mol. The van der Waals surface area contributed by atoms with Crippen LogP contribution in [0.5, 0.6) is 0 Å². The molecule has 0 bridgehead atoms. The molecule has 6 nitrogen and oxygen atoms in total. The molecule has 0 saturated heterocycles. The van der Waals surface area contributed by atoms with E-state index in [4.69, 9.17) is 0 Å². The number of aromatic amines is 1. The highest BCUT2D eigenvalue weighted by molar-refractivity contribution is 6.08. The van der Waals surface area contributed by atoms with E-state index in [0.717, 1.165) is 16.7 Å². The summed E-state index contributed by atoms with van der Waals surface area (Å²) in [6.45, 7) is 1.61. The third-order valence-corrected chi connectivity index (χ3v) is 4.05. The number of pyridine rings is 1. The Balaban J connectivity index is 2.24. The average Bonchev–Trinajstić information content (AvgIpc) is 2.63. The number of benzene rings is 1. The number of ketones is 1. The monoisotopic (exact) mass is 371 g/mol. The zero-order chi connectivity index (χ0) is 19.6. The van der Waals surface area contributed by atoms with Gasteiger partial charge in [0.25, 0.3) is 5.56 Å². The Labute approximate surface area is 152 Å². The molecule has 0 atom stereocenters. The van der Waals surface area contributed by atoms with Gasteiger partial charge in [-0.25, -0.2) is 13.6 Å². The maximum atomic E-state index is 13.6. The Hall–Kier alpha value is -3.42. The van der Waals surface area contributed by atoms with Crippen molar-refractivity contribution >= 4 is 5.78 Å². The number of hydrogen-bond donors (Lipinski definition) is 1. The molecule has 0 aliphatic heterocycles. The van der Waals surface area contributed by atoms with E-state index in [9.17, 15) is 23.2 Å². The van der Waals surface area contributed by atoms with Crippen LogP contribution < -0.4 is 11.2 Å². The smallest absolute Gasteiger partial charge is 0.287 e. The first-order chi connectivity index (χ1) is 12.9. The number of halogens is 2. The van der Waals surface area contributed by atoms with Gasteiger partial charge in [0.2, 0.25) is 5.78 Å². The van der Waals surface area contributed by atoms with Crippen molar-refractivity contribution in [1.82, 2.24) is 14.5 Å². The number of nitrogens with one attached hydrogen (secondary N) is 1. The Kier molecular flexibility index (Phi) is 5.07. The molecule has 0 amide bonds. The predicted molar refractivity (Wildman–Crippen MR) is 93.8 cm³/mol. The van der Waals surface area contributed by atoms with Crippen molar-refractivity contribution in [3.05, 3.63) is 97.6 Å². The Morgan fingerprint density at radius 1 is 1.19 bits per heavy atom. The molecule has 3 rings (SSSR count). The lowest BCUT2D eigenvalue weighted by Crippen LogP contribution is -2.37. The van der Waals surface area contributed by atoms with E-state index >= 15 is 0 Å². The summed E-state index contributed by atoms with van der Waals surface area (Å²) in [6.07, 6.45) is 3.22. The van der Waals surface area contributed by atoms with Crippen LogP contribution in [0.4, 0.5) is 8.78 Å². The minimum atomic E-state index is -0.928. The number of hydrogen-bond acceptors (Lipinski definition) is 4. The number of carbonyl (C=O) groups excluding carboxylic acids is 1. The largest absolute Gasteiger partial charge is 0.329 e. The fraction of sp³-hybridized carbons (Fsp3) is 0.158. The molecular formula is C19H15F2N3O3. The molecule has 2 heterocycles. The fourth-order valence-corrected chi connectivity index (χ4v) is 2.85. The van der Waals surface area contributed by atoms with Gasteiger partial charge in [-0.2, -0.15) is 0 Å². The van der Waals surface area contributed by atoms with E-state index in [0.29, 0.717) is 11.6 Å². The summed E-state index contributed by atoms with van der Waals surface area (Å²) in [5.74, 6) is -2.66. The molecule has 1 aromatic carbocycles. The third kappa shape index (κ3) is 3.74. The van der Waals surface area contributed by atoms with Gasteiger partial charge < -0.3 is 0 Å². The summed E-state index contributed by atoms with van der Waals surface area (Å²) in [7, 11) is 0. The van der Waals surface area contributed by atoms with E-state index in [2.05, 4.69) is 9.97 Å². The molecule has 0 saturated carbocycles. The summed E-state index contributed by atoms with van der Waals surface area (Å²) in [6, 6.07) is 5.73. The second kappa shape index (κ2) is 7.45. The summed E-state index contributed by atoms with van der Waals surface area (Å²) in [5, 5.41) is 0. The van der Waals surface area contributed by atoms with Crippen LogP contribution in [0.15, 0.2) is 52.3 Å². The lowest BCUT2D eigenvalue weighted by molar-refractivity contribution is 0.102. The maximum absolute atomic E-state index is 13.6. The molecule has 0 spiro atoms. The molecule has 138 valence electrons. The molecule has 27 heavy (non-hydrogen) atoms. The number of nitrogens with zero attached hydrogens (tertiary/aromatic N) is 2. The van der Waals surface area contributed by atoms with Gasteiger partial charge >= 0.3 is 5.69 Å². The fourth-order valence-electron chi connectivity index (χ4n) is 2.85. The van der Waals surface area contributed by atoms with Crippen molar-refractivity contribution in [2.24, 2.45) is 0 Å². The quantitative estimate of drug-likeness (QED) is 0.696. The van der Waals surface area contributed by atoms with Crippen LogP contribution in [-0.4, -0.2) is 20.3 Å². The highest BCUT2D eigenvalue weighted by Crippen LogP contribution is 2.16. The molecule has 0 aliphatic rings. The third-order valence-electron chi connectivity index (χ3n) is 4.05. The van der Waals surface area contributed by atoms with Crippen molar-refractivity contribution in [2.75, 3.05) is 0 Å². The number of carbonyl (C=O) groups is 1. The van der Waals surface area contributed by atoms with Gasteiger partial charge in [0.15, 0.2) is 0 Å². The normalized spacial score (nSPS) is 10.8. The van der Waals surface area contributed by atoms with Crippen molar-refractivity contribution in [3.63, 3.8) is 0 Å². The van der Waals surface area contributed by atoms with E-state index in [1.54, 1.807) is 25.3 Å². The lowest BCUT2D eigenvalue weighted by atomic mass is 10.0. The zero-order valence-corrected chi connectivity index (χ0v) is 14.3. The maximum Gasteiger partial charge on any atom is 0.329 e. The van der Waals surface area contributed by atoms with Crippen molar-refractivity contribution < 1.29 is 13.6 Å². The molecule has 0 aliphatic carbocycles. The van der Waals surface area contributed by atoms with E-state index in [-0.39, 0.29) is 29.8 Å². The highest BCUT2D eigenvalue weighted by atomic mass is 19.1. The first-order valence-corrected chi connectivity index (χ1v) is 8.16. The molecule has 3 aromatic rings. The second-order valence-corrected chi connectivity index (χ2v) is 5.87. The summed E-state index contributed by atoms with van der Waals surface area (Å²) in [4.78, 5) is 43.7. The van der Waals surface area contributed by atoms with Crippen LogP contribution in [0, 0.1) is 11.6 Å². The molecule has 2 aromatic heterocycles. The predicted octanol–water partition coefficient (Wildman–Crippen LogP) is 2.05. The highest BCUT2D eigenvalue weighted by Gasteiger charge is 2.23. The van der Waals surface area contributed by atoms with Crippen molar-refractivity contribution in [2.45, 2.75) is 19.9 Å². The minimum Gasteiger partial charge on any atom is -0.287 e. The standard InChI is InChI=1S/C19H15F2N3O3/c1-2-15-16(17(25)12-6-13(20)8-14(21)7-12)24(19(27)23-18(15)26)10-11-4-3-5-22-9-11/h3-9H,2,10H2,1H3,(H,23,26,27). The van der Waals surface area contributed by atoms with Gasteiger partial charge in [-0.1, -0.05) is 13.0 Å². The summed E-state index contributed by atoms with van der Waals surface area (Å²) >= 11 is 0. The summed E-state index contributed by atoms with van der Waals surface area (Å²) in [5.41, 5.74) is -1.29.